The molecule has 0 radical (unpaired) electrons. The van der Waals surface area contributed by atoms with Crippen molar-refractivity contribution >= 4 is 5.91 Å². The molecule has 26 heavy (non-hydrogen) atoms. The molecule has 134 valence electrons. The van der Waals surface area contributed by atoms with Gasteiger partial charge in [0.25, 0.3) is 5.91 Å². The summed E-state index contributed by atoms with van der Waals surface area (Å²) in [6, 6.07) is 5.97. The first-order chi connectivity index (χ1) is 12.6. The van der Waals surface area contributed by atoms with Gasteiger partial charge in [-0.3, -0.25) is 4.79 Å². The highest BCUT2D eigenvalue weighted by Crippen LogP contribution is 2.28. The van der Waals surface area contributed by atoms with Gasteiger partial charge in [-0.1, -0.05) is 5.16 Å². The minimum Gasteiger partial charge on any atom is -0.367 e. The SMILES string of the molecule is Cc1c[nH]cc1C(=O)N1CCC[C@H](c2nc(-c3ccc(F)cc3)no2)C1. The number of likely N-dealkylation sites (tertiary alicyclic amines) is 1. The maximum Gasteiger partial charge on any atom is 0.255 e. The van der Waals surface area contributed by atoms with Crippen LogP contribution in [0, 0.1) is 12.7 Å². The molecule has 7 heteroatoms. The second-order valence-electron chi connectivity index (χ2n) is 6.61. The first-order valence-electron chi connectivity index (χ1n) is 8.64. The number of amides is 1. The van der Waals surface area contributed by atoms with Gasteiger partial charge in [0.15, 0.2) is 0 Å². The summed E-state index contributed by atoms with van der Waals surface area (Å²) in [5.41, 5.74) is 2.34. The molecule has 1 aliphatic rings. The van der Waals surface area contributed by atoms with Gasteiger partial charge in [-0.15, -0.1) is 0 Å². The summed E-state index contributed by atoms with van der Waals surface area (Å²) < 4.78 is 18.5. The molecule has 3 heterocycles. The van der Waals surface area contributed by atoms with Crippen molar-refractivity contribution in [2.24, 2.45) is 0 Å². The minimum absolute atomic E-state index is 0.00801. The summed E-state index contributed by atoms with van der Waals surface area (Å²) in [5.74, 6) is 0.678. The Hall–Kier alpha value is -2.96. The fourth-order valence-electron chi connectivity index (χ4n) is 3.32. The molecule has 0 unspecified atom stereocenters. The van der Waals surface area contributed by atoms with E-state index in [2.05, 4.69) is 15.1 Å². The van der Waals surface area contributed by atoms with Crippen LogP contribution < -0.4 is 0 Å². The van der Waals surface area contributed by atoms with Crippen LogP contribution in [-0.2, 0) is 0 Å². The van der Waals surface area contributed by atoms with Gasteiger partial charge in [0.1, 0.15) is 5.82 Å². The zero-order valence-corrected chi connectivity index (χ0v) is 14.4. The van der Waals surface area contributed by atoms with E-state index >= 15 is 0 Å². The molecule has 0 saturated carbocycles. The standard InChI is InChI=1S/C19H19FN4O2/c1-12-9-21-10-16(12)19(25)24-8-2-3-14(11-24)18-22-17(23-26-18)13-4-6-15(20)7-5-13/h4-7,9-10,14,21H,2-3,8,11H2,1H3/t14-/m0/s1. The monoisotopic (exact) mass is 354 g/mol. The van der Waals surface area contributed by atoms with E-state index in [1.807, 2.05) is 18.0 Å². The van der Waals surface area contributed by atoms with E-state index in [0.717, 1.165) is 24.9 Å². The van der Waals surface area contributed by atoms with Crippen molar-refractivity contribution in [3.63, 3.8) is 0 Å². The van der Waals surface area contributed by atoms with Crippen molar-refractivity contribution < 1.29 is 13.7 Å². The fourth-order valence-corrected chi connectivity index (χ4v) is 3.32. The Kier molecular flexibility index (Phi) is 4.28. The average Bonchev–Trinajstić information content (AvgIpc) is 3.31. The number of carbonyl (C=O) groups excluding carboxylic acids is 1. The third kappa shape index (κ3) is 3.12. The highest BCUT2D eigenvalue weighted by molar-refractivity contribution is 5.95. The second-order valence-corrected chi connectivity index (χ2v) is 6.61. The number of aromatic amines is 1. The Balaban J connectivity index is 1.51. The topological polar surface area (TPSA) is 75.0 Å². The summed E-state index contributed by atoms with van der Waals surface area (Å²) in [6.07, 6.45) is 5.33. The summed E-state index contributed by atoms with van der Waals surface area (Å²) in [5, 5.41) is 4.01. The molecule has 4 rings (SSSR count). The lowest BCUT2D eigenvalue weighted by Crippen LogP contribution is -2.39. The first-order valence-corrected chi connectivity index (χ1v) is 8.64. The number of hydrogen-bond donors (Lipinski definition) is 1. The molecule has 1 aliphatic heterocycles. The van der Waals surface area contributed by atoms with E-state index in [1.54, 1.807) is 18.3 Å². The molecule has 1 amide bonds. The Morgan fingerprint density at radius 3 is 2.85 bits per heavy atom. The number of carbonyl (C=O) groups is 1. The van der Waals surface area contributed by atoms with Crippen LogP contribution in [0.3, 0.4) is 0 Å². The third-order valence-electron chi connectivity index (χ3n) is 4.78. The van der Waals surface area contributed by atoms with Crippen molar-refractivity contribution in [1.29, 1.82) is 0 Å². The zero-order valence-electron chi connectivity index (χ0n) is 14.4. The molecule has 1 aromatic carbocycles. The number of piperidine rings is 1. The maximum atomic E-state index is 13.1. The molecule has 1 fully saturated rings. The van der Waals surface area contributed by atoms with E-state index in [9.17, 15) is 9.18 Å². The first kappa shape index (κ1) is 16.5. The Morgan fingerprint density at radius 2 is 2.12 bits per heavy atom. The summed E-state index contributed by atoms with van der Waals surface area (Å²) in [7, 11) is 0. The number of nitrogens with one attached hydrogen (secondary N) is 1. The predicted octanol–water partition coefficient (Wildman–Crippen LogP) is 3.53. The molecule has 1 saturated heterocycles. The number of aromatic nitrogens is 3. The van der Waals surface area contributed by atoms with Gasteiger partial charge >= 0.3 is 0 Å². The van der Waals surface area contributed by atoms with Crippen molar-refractivity contribution in [1.82, 2.24) is 20.0 Å². The number of aryl methyl sites for hydroxylation is 1. The van der Waals surface area contributed by atoms with Gasteiger partial charge in [-0.25, -0.2) is 4.39 Å². The maximum absolute atomic E-state index is 13.1. The van der Waals surface area contributed by atoms with Crippen molar-refractivity contribution in [3.8, 4) is 11.4 Å². The van der Waals surface area contributed by atoms with E-state index in [-0.39, 0.29) is 17.6 Å². The largest absolute Gasteiger partial charge is 0.367 e. The van der Waals surface area contributed by atoms with Crippen LogP contribution in [0.15, 0.2) is 41.2 Å². The lowest BCUT2D eigenvalue weighted by Gasteiger charge is -2.31. The lowest BCUT2D eigenvalue weighted by atomic mass is 9.97. The van der Waals surface area contributed by atoms with Crippen LogP contribution >= 0.6 is 0 Å². The van der Waals surface area contributed by atoms with Crippen molar-refractivity contribution in [2.75, 3.05) is 13.1 Å². The number of hydrogen-bond acceptors (Lipinski definition) is 4. The molecule has 0 bridgehead atoms. The van der Waals surface area contributed by atoms with E-state index in [0.29, 0.717) is 29.4 Å². The van der Waals surface area contributed by atoms with Crippen LogP contribution in [0.5, 0.6) is 0 Å². The quantitative estimate of drug-likeness (QED) is 0.781. The van der Waals surface area contributed by atoms with Gasteiger partial charge < -0.3 is 14.4 Å². The van der Waals surface area contributed by atoms with Crippen LogP contribution in [0.4, 0.5) is 4.39 Å². The number of H-pyrrole nitrogens is 1. The number of halogens is 1. The Bertz CT molecular complexity index is 916. The summed E-state index contributed by atoms with van der Waals surface area (Å²) >= 11 is 0. The molecule has 2 aromatic heterocycles. The normalized spacial score (nSPS) is 17.5. The smallest absolute Gasteiger partial charge is 0.255 e. The molecule has 6 nitrogen and oxygen atoms in total. The molecular formula is C19H19FN4O2. The molecule has 3 aromatic rings. The number of nitrogens with zero attached hydrogens (tertiary/aromatic N) is 3. The highest BCUT2D eigenvalue weighted by Gasteiger charge is 2.29. The molecule has 1 N–H and O–H groups in total. The average molecular weight is 354 g/mol. The predicted molar refractivity (Wildman–Crippen MR) is 93.1 cm³/mol. The molecule has 1 atom stereocenters. The van der Waals surface area contributed by atoms with Crippen LogP contribution in [0.1, 0.15) is 40.6 Å². The van der Waals surface area contributed by atoms with Crippen LogP contribution in [-0.4, -0.2) is 39.0 Å². The zero-order chi connectivity index (χ0) is 18.1. The van der Waals surface area contributed by atoms with Crippen molar-refractivity contribution in [2.45, 2.75) is 25.7 Å². The number of benzene rings is 1. The van der Waals surface area contributed by atoms with E-state index in [4.69, 9.17) is 4.52 Å². The summed E-state index contributed by atoms with van der Waals surface area (Å²) in [6.45, 7) is 3.19. The third-order valence-corrected chi connectivity index (χ3v) is 4.78. The Morgan fingerprint density at radius 1 is 1.31 bits per heavy atom. The minimum atomic E-state index is -0.307. The van der Waals surface area contributed by atoms with Gasteiger partial charge in [-0.2, -0.15) is 4.98 Å². The second kappa shape index (κ2) is 6.74. The van der Waals surface area contributed by atoms with Crippen LogP contribution in [0.25, 0.3) is 11.4 Å². The molecule has 0 spiro atoms. The number of rotatable bonds is 3. The van der Waals surface area contributed by atoms with Crippen molar-refractivity contribution in [3.05, 3.63) is 59.5 Å². The van der Waals surface area contributed by atoms with Gasteiger partial charge in [-0.05, 0) is 49.6 Å². The molecular weight excluding hydrogens is 335 g/mol. The Labute approximate surface area is 150 Å². The van der Waals surface area contributed by atoms with E-state index in [1.165, 1.54) is 12.1 Å². The lowest BCUT2D eigenvalue weighted by molar-refractivity contribution is 0.0695. The van der Waals surface area contributed by atoms with Gasteiger partial charge in [0.2, 0.25) is 11.7 Å². The fraction of sp³-hybridized carbons (Fsp3) is 0.316. The molecule has 0 aliphatic carbocycles. The van der Waals surface area contributed by atoms with E-state index < -0.39 is 0 Å². The van der Waals surface area contributed by atoms with Gasteiger partial charge in [0, 0.05) is 31.0 Å². The van der Waals surface area contributed by atoms with Gasteiger partial charge in [0.05, 0.1) is 11.5 Å². The highest BCUT2D eigenvalue weighted by atomic mass is 19.1. The summed E-state index contributed by atoms with van der Waals surface area (Å²) in [4.78, 5) is 22.0. The van der Waals surface area contributed by atoms with Crippen LogP contribution in [0.2, 0.25) is 0 Å².